The summed E-state index contributed by atoms with van der Waals surface area (Å²) in [7, 11) is -4.99. The van der Waals surface area contributed by atoms with Crippen molar-refractivity contribution in [2.75, 3.05) is 12.9 Å². The highest BCUT2D eigenvalue weighted by Gasteiger charge is 2.57. The molecule has 1 aliphatic heterocycles. The Morgan fingerprint density at radius 3 is 2.54 bits per heavy atom. The van der Waals surface area contributed by atoms with Gasteiger partial charge in [-0.3, -0.25) is 9.35 Å². The van der Waals surface area contributed by atoms with Crippen LogP contribution in [0.1, 0.15) is 6.42 Å². The molecular formula is C12H21NO10S3. The predicted octanol–water partition coefficient (Wildman–Crippen LogP) is -2.18. The van der Waals surface area contributed by atoms with Crippen molar-refractivity contribution in [3.63, 3.8) is 0 Å². The summed E-state index contributed by atoms with van der Waals surface area (Å²) in [6, 6.07) is 0. The van der Waals surface area contributed by atoms with E-state index in [0.29, 0.717) is 0 Å². The van der Waals surface area contributed by atoms with Gasteiger partial charge in [0.25, 0.3) is 5.91 Å². The maximum absolute atomic E-state index is 12.3. The molecule has 1 fully saturated rings. The Balaban J connectivity index is 3.16. The van der Waals surface area contributed by atoms with Gasteiger partial charge in [-0.1, -0.05) is 6.08 Å². The normalized spacial score (nSPS) is 34.0. The molecule has 0 radical (unpaired) electrons. The van der Waals surface area contributed by atoms with Crippen molar-refractivity contribution in [1.29, 1.82) is 0 Å². The van der Waals surface area contributed by atoms with Gasteiger partial charge in [0.1, 0.15) is 24.4 Å². The van der Waals surface area contributed by atoms with Crippen LogP contribution in [-0.2, 0) is 24.2 Å². The van der Waals surface area contributed by atoms with Crippen molar-refractivity contribution in [2.24, 2.45) is 5.92 Å². The average Bonchev–Trinajstić information content (AvgIpc) is 2.57. The maximum Gasteiger partial charge on any atom is 0.418 e. The van der Waals surface area contributed by atoms with Gasteiger partial charge in [0, 0.05) is 0 Å². The van der Waals surface area contributed by atoms with Crippen molar-refractivity contribution >= 4 is 40.7 Å². The minimum Gasteiger partial charge on any atom is -0.394 e. The summed E-state index contributed by atoms with van der Waals surface area (Å²) in [6.45, 7) is -0.746. The Morgan fingerprint density at radius 2 is 2.04 bits per heavy atom. The quantitative estimate of drug-likeness (QED) is 0.125. The zero-order valence-electron chi connectivity index (χ0n) is 13.5. The third-order valence-electron chi connectivity index (χ3n) is 3.67. The van der Waals surface area contributed by atoms with E-state index in [4.69, 9.17) is 9.29 Å². The van der Waals surface area contributed by atoms with Gasteiger partial charge in [-0.2, -0.15) is 8.42 Å². The molecule has 1 heterocycles. The predicted molar refractivity (Wildman–Crippen MR) is 93.2 cm³/mol. The van der Waals surface area contributed by atoms with Crippen molar-refractivity contribution in [3.8, 4) is 0 Å². The number of thioether (sulfide) groups is 1. The van der Waals surface area contributed by atoms with Crippen LogP contribution in [0, 0.1) is 5.92 Å². The summed E-state index contributed by atoms with van der Waals surface area (Å²) in [4.78, 5) is 10.2. The lowest BCUT2D eigenvalue weighted by Crippen LogP contribution is -2.66. The molecule has 1 rings (SSSR count). The highest BCUT2D eigenvalue weighted by Crippen LogP contribution is 2.41. The van der Waals surface area contributed by atoms with E-state index >= 15 is 0 Å². The maximum atomic E-state index is 12.3. The van der Waals surface area contributed by atoms with E-state index in [1.165, 1.54) is 23.3 Å². The number of hydrogen-bond donors (Lipinski definition) is 7. The fourth-order valence-corrected chi connectivity index (χ4v) is 3.39. The van der Waals surface area contributed by atoms with Crippen molar-refractivity contribution in [3.05, 3.63) is 11.5 Å². The minimum atomic E-state index is -4.99. The number of amides is 1. The van der Waals surface area contributed by atoms with Gasteiger partial charge in [0.15, 0.2) is 4.93 Å². The molecule has 0 aromatic rings. The zero-order chi connectivity index (χ0) is 20.1. The number of hydrogen-bond acceptors (Lipinski definition) is 11. The molecule has 1 saturated heterocycles. The first kappa shape index (κ1) is 23.6. The molecule has 0 saturated carbocycles. The summed E-state index contributed by atoms with van der Waals surface area (Å²) in [5.41, 5.74) is 1.49. The van der Waals surface area contributed by atoms with Crippen LogP contribution >= 0.6 is 24.4 Å². The van der Waals surface area contributed by atoms with Gasteiger partial charge in [-0.25, -0.2) is 5.48 Å². The molecule has 6 unspecified atom stereocenters. The largest absolute Gasteiger partial charge is 0.418 e. The van der Waals surface area contributed by atoms with E-state index in [9.17, 15) is 33.6 Å². The minimum absolute atomic E-state index is 0.150. The van der Waals surface area contributed by atoms with Crippen LogP contribution in [0.4, 0.5) is 0 Å². The lowest BCUT2D eigenvalue weighted by atomic mass is 9.85. The lowest BCUT2D eigenvalue weighted by molar-refractivity contribution is -0.253. The van der Waals surface area contributed by atoms with Crippen LogP contribution in [0.5, 0.6) is 0 Å². The van der Waals surface area contributed by atoms with E-state index in [1.54, 1.807) is 11.7 Å². The van der Waals surface area contributed by atoms with E-state index in [2.05, 4.69) is 16.9 Å². The van der Waals surface area contributed by atoms with Gasteiger partial charge < -0.3 is 25.2 Å². The van der Waals surface area contributed by atoms with Crippen molar-refractivity contribution < 1.29 is 47.2 Å². The first-order chi connectivity index (χ1) is 12.0. The van der Waals surface area contributed by atoms with E-state index in [1.807, 2.05) is 0 Å². The Kier molecular flexibility index (Phi) is 8.79. The summed E-state index contributed by atoms with van der Waals surface area (Å²) >= 11 is 5.42. The number of carbonyl (C=O) groups is 1. The van der Waals surface area contributed by atoms with Crippen LogP contribution < -0.4 is 5.48 Å². The summed E-state index contributed by atoms with van der Waals surface area (Å²) in [6.07, 6.45) is -3.63. The van der Waals surface area contributed by atoms with Crippen molar-refractivity contribution in [1.82, 2.24) is 5.48 Å². The molecular weight excluding hydrogens is 414 g/mol. The molecule has 0 aromatic carbocycles. The second-order valence-electron chi connectivity index (χ2n) is 5.39. The fraction of sp³-hybridized carbons (Fsp3) is 0.750. The molecule has 6 N–H and O–H groups in total. The van der Waals surface area contributed by atoms with Gasteiger partial charge in [0.05, 0.1) is 12.5 Å². The second kappa shape index (κ2) is 9.68. The van der Waals surface area contributed by atoms with Gasteiger partial charge >= 0.3 is 10.4 Å². The third-order valence-corrected chi connectivity index (χ3v) is 5.11. The standard InChI is InChI=1S/C12H21NO10S3/c1-25-4-2-3-6(11(18)13-23-26(19,20)21)12(24)10(17)9(16)8(15)7(5-14)22-12/h2,4,6-10,14-17,24H,3,5H2,1H3,(H,13,18)(H,19,20,21)/b4-2+. The molecule has 11 nitrogen and oxygen atoms in total. The number of thiol groups is 1. The third kappa shape index (κ3) is 5.79. The number of carbonyl (C=O) groups excluding carboxylic acids is 1. The number of rotatable bonds is 8. The van der Waals surface area contributed by atoms with Crippen LogP contribution in [0.15, 0.2) is 11.5 Å². The lowest BCUT2D eigenvalue weighted by Gasteiger charge is -2.48. The highest BCUT2D eigenvalue weighted by molar-refractivity contribution is 8.01. The number of ether oxygens (including phenoxy) is 1. The molecule has 14 heteroatoms. The first-order valence-electron chi connectivity index (χ1n) is 7.16. The number of aliphatic hydroxyl groups excluding tert-OH is 4. The van der Waals surface area contributed by atoms with E-state index in [0.717, 1.165) is 0 Å². The molecule has 152 valence electrons. The average molecular weight is 435 g/mol. The molecule has 26 heavy (non-hydrogen) atoms. The molecule has 0 bridgehead atoms. The van der Waals surface area contributed by atoms with Crippen molar-refractivity contribution in [2.45, 2.75) is 35.8 Å². The smallest absolute Gasteiger partial charge is 0.394 e. The number of allylic oxidation sites excluding steroid dienone is 1. The Bertz CT molecular complexity index is 612. The summed E-state index contributed by atoms with van der Waals surface area (Å²) in [5.74, 6) is -2.59. The van der Waals surface area contributed by atoms with E-state index < -0.39 is 58.2 Å². The molecule has 0 spiro atoms. The second-order valence-corrected chi connectivity index (χ2v) is 7.85. The van der Waals surface area contributed by atoms with Crippen LogP contribution in [0.3, 0.4) is 0 Å². The zero-order valence-corrected chi connectivity index (χ0v) is 16.0. The summed E-state index contributed by atoms with van der Waals surface area (Å²) in [5, 5.41) is 40.9. The topological polar surface area (TPSA) is 183 Å². The monoisotopic (exact) mass is 435 g/mol. The number of nitrogens with one attached hydrogen (secondary N) is 1. The van der Waals surface area contributed by atoms with Crippen LogP contribution in [0.2, 0.25) is 0 Å². The molecule has 1 amide bonds. The Hall–Kier alpha value is -0.420. The fourth-order valence-electron chi connectivity index (χ4n) is 2.38. The molecule has 0 aromatic heterocycles. The SMILES string of the molecule is CS/C=C/CC(C(=O)NOS(=O)(=O)O)C1(S)OC(CO)C(O)C(O)C1O. The van der Waals surface area contributed by atoms with Crippen LogP contribution in [-0.4, -0.2) is 81.5 Å². The van der Waals surface area contributed by atoms with E-state index in [-0.39, 0.29) is 6.42 Å². The van der Waals surface area contributed by atoms with Gasteiger partial charge in [-0.05, 0) is 18.1 Å². The molecule has 1 aliphatic rings. The summed E-state index contributed by atoms with van der Waals surface area (Å²) < 4.78 is 39.0. The Morgan fingerprint density at radius 1 is 1.42 bits per heavy atom. The first-order valence-corrected chi connectivity index (χ1v) is 10.3. The molecule has 0 aliphatic carbocycles. The van der Waals surface area contributed by atoms with Crippen LogP contribution in [0.25, 0.3) is 0 Å². The number of hydroxylamine groups is 1. The number of aliphatic hydroxyl groups is 4. The molecule has 6 atom stereocenters. The van der Waals surface area contributed by atoms with Gasteiger partial charge in [0.2, 0.25) is 0 Å². The Labute approximate surface area is 159 Å². The highest BCUT2D eigenvalue weighted by atomic mass is 32.3. The van der Waals surface area contributed by atoms with Gasteiger partial charge in [-0.15, -0.1) is 28.7 Å².